The Morgan fingerprint density at radius 2 is 2.17 bits per heavy atom. The number of rotatable bonds is 4. The number of hydrogen-bond donors (Lipinski definition) is 0. The zero-order valence-corrected chi connectivity index (χ0v) is 12.9. The van der Waals surface area contributed by atoms with E-state index in [4.69, 9.17) is 14.7 Å². The smallest absolute Gasteiger partial charge is 0.192 e. The molecule has 0 aliphatic carbocycles. The molecule has 0 saturated carbocycles. The molecule has 0 aromatic rings. The van der Waals surface area contributed by atoms with Gasteiger partial charge in [0.25, 0.3) is 0 Å². The molecule has 0 aromatic carbocycles. The van der Waals surface area contributed by atoms with Crippen LogP contribution in [0, 0.1) is 0 Å². The van der Waals surface area contributed by atoms with Gasteiger partial charge in [0.1, 0.15) is 0 Å². The van der Waals surface area contributed by atoms with Crippen LogP contribution in [0.4, 0.5) is 0 Å². The Morgan fingerprint density at radius 3 is 2.72 bits per heavy atom. The highest BCUT2D eigenvalue weighted by atomic mass is 28.4. The molecule has 1 heterocycles. The molecule has 0 fully saturated rings. The predicted octanol–water partition coefficient (Wildman–Crippen LogP) is 3.64. The molecule has 0 amide bonds. The Balaban J connectivity index is 2.62. The third-order valence-electron chi connectivity index (χ3n) is 3.72. The summed E-state index contributed by atoms with van der Waals surface area (Å²) in [6.07, 6.45) is 3.60. The van der Waals surface area contributed by atoms with Gasteiger partial charge in [0.15, 0.2) is 8.32 Å². The second-order valence-electron chi connectivity index (χ2n) is 6.07. The highest BCUT2D eigenvalue weighted by molar-refractivity contribution is 6.74. The SMILES string of the molecule is CC(C)(C)[Si](C)(C)OC[C@H]1OCC=C[C@H]1N=[N+]=[N-]. The zero-order chi connectivity index (χ0) is 13.8. The minimum atomic E-state index is -1.78. The topological polar surface area (TPSA) is 67.2 Å². The largest absolute Gasteiger partial charge is 0.414 e. The van der Waals surface area contributed by atoms with E-state index >= 15 is 0 Å². The van der Waals surface area contributed by atoms with Gasteiger partial charge >= 0.3 is 0 Å². The van der Waals surface area contributed by atoms with Gasteiger partial charge in [0.05, 0.1) is 25.4 Å². The molecule has 5 nitrogen and oxygen atoms in total. The van der Waals surface area contributed by atoms with E-state index in [2.05, 4.69) is 43.9 Å². The summed E-state index contributed by atoms with van der Waals surface area (Å²) in [6, 6.07) is -0.256. The number of nitrogens with zero attached hydrogens (tertiary/aromatic N) is 3. The summed E-state index contributed by atoms with van der Waals surface area (Å²) in [7, 11) is -1.78. The van der Waals surface area contributed by atoms with Crippen LogP contribution in [-0.4, -0.2) is 33.7 Å². The van der Waals surface area contributed by atoms with E-state index in [1.165, 1.54) is 0 Å². The van der Waals surface area contributed by atoms with Crippen LogP contribution in [0.2, 0.25) is 18.1 Å². The average molecular weight is 269 g/mol. The van der Waals surface area contributed by atoms with Crippen LogP contribution < -0.4 is 0 Å². The second kappa shape index (κ2) is 5.89. The van der Waals surface area contributed by atoms with Gasteiger partial charge in [-0.15, -0.1) is 0 Å². The van der Waals surface area contributed by atoms with Gasteiger partial charge in [-0.1, -0.05) is 38.0 Å². The summed E-state index contributed by atoms with van der Waals surface area (Å²) < 4.78 is 11.7. The lowest BCUT2D eigenvalue weighted by molar-refractivity contribution is 0.0174. The van der Waals surface area contributed by atoms with Gasteiger partial charge < -0.3 is 9.16 Å². The molecule has 1 aliphatic rings. The fourth-order valence-corrected chi connectivity index (χ4v) is 2.44. The van der Waals surface area contributed by atoms with E-state index in [0.717, 1.165) is 0 Å². The quantitative estimate of drug-likeness (QED) is 0.257. The van der Waals surface area contributed by atoms with Crippen LogP contribution >= 0.6 is 0 Å². The Bertz CT molecular complexity index is 357. The first-order valence-corrected chi connectivity index (χ1v) is 9.15. The summed E-state index contributed by atoms with van der Waals surface area (Å²) in [5, 5.41) is 3.90. The van der Waals surface area contributed by atoms with E-state index in [-0.39, 0.29) is 17.2 Å². The maximum Gasteiger partial charge on any atom is 0.192 e. The lowest BCUT2D eigenvalue weighted by Crippen LogP contribution is -2.45. The van der Waals surface area contributed by atoms with Gasteiger partial charge in [-0.3, -0.25) is 0 Å². The van der Waals surface area contributed by atoms with Crippen LogP contribution in [0.15, 0.2) is 17.3 Å². The first-order chi connectivity index (χ1) is 8.28. The van der Waals surface area contributed by atoms with Gasteiger partial charge in [0, 0.05) is 4.91 Å². The van der Waals surface area contributed by atoms with Crippen LogP contribution in [0.25, 0.3) is 10.4 Å². The standard InChI is InChI=1S/C12H23N3O2Si/c1-12(2,3)18(4,5)17-9-11-10(14-15-13)7-6-8-16-11/h6-7,10-11H,8-9H2,1-5H3/t10-,11-/m1/s1. The van der Waals surface area contributed by atoms with E-state index in [1.54, 1.807) is 0 Å². The summed E-state index contributed by atoms with van der Waals surface area (Å²) in [4.78, 5) is 2.85. The predicted molar refractivity (Wildman–Crippen MR) is 75.0 cm³/mol. The average Bonchev–Trinajstić information content (AvgIpc) is 2.27. The molecule has 0 spiro atoms. The third-order valence-corrected chi connectivity index (χ3v) is 8.22. The minimum absolute atomic E-state index is 0.167. The van der Waals surface area contributed by atoms with Crippen LogP contribution in [0.1, 0.15) is 20.8 Å². The summed E-state index contributed by atoms with van der Waals surface area (Å²) in [5.41, 5.74) is 8.53. The lowest BCUT2D eigenvalue weighted by atomic mass is 10.1. The van der Waals surface area contributed by atoms with E-state index in [0.29, 0.717) is 13.2 Å². The van der Waals surface area contributed by atoms with Gasteiger partial charge in [0.2, 0.25) is 0 Å². The van der Waals surface area contributed by atoms with Crippen molar-refractivity contribution in [3.63, 3.8) is 0 Å². The summed E-state index contributed by atoms with van der Waals surface area (Å²) >= 11 is 0. The molecule has 2 atom stereocenters. The first kappa shape index (κ1) is 15.2. The Kier molecular flexibility index (Phi) is 4.98. The molecule has 0 saturated heterocycles. The molecule has 0 N–H and O–H groups in total. The maximum absolute atomic E-state index is 8.53. The molecule has 0 bridgehead atoms. The molecule has 18 heavy (non-hydrogen) atoms. The summed E-state index contributed by atoms with van der Waals surface area (Å²) in [6.45, 7) is 12.1. The molecule has 0 aromatic heterocycles. The number of ether oxygens (including phenoxy) is 1. The molecular formula is C12H23N3O2Si. The Labute approximate surface area is 110 Å². The van der Waals surface area contributed by atoms with Crippen molar-refractivity contribution >= 4 is 8.32 Å². The van der Waals surface area contributed by atoms with E-state index in [1.807, 2.05) is 12.2 Å². The molecule has 6 heteroatoms. The fraction of sp³-hybridized carbons (Fsp3) is 0.833. The molecule has 1 rings (SSSR count). The van der Waals surface area contributed by atoms with Crippen LogP contribution in [-0.2, 0) is 9.16 Å². The molecule has 1 aliphatic heterocycles. The zero-order valence-electron chi connectivity index (χ0n) is 11.9. The van der Waals surface area contributed by atoms with Gasteiger partial charge in [-0.25, -0.2) is 0 Å². The maximum atomic E-state index is 8.53. The van der Waals surface area contributed by atoms with Crippen molar-refractivity contribution in [1.29, 1.82) is 0 Å². The van der Waals surface area contributed by atoms with Crippen molar-refractivity contribution in [2.45, 2.75) is 51.0 Å². The van der Waals surface area contributed by atoms with Gasteiger partial charge in [-0.05, 0) is 23.7 Å². The normalized spacial score (nSPS) is 24.7. The highest BCUT2D eigenvalue weighted by Crippen LogP contribution is 2.36. The van der Waals surface area contributed by atoms with Crippen molar-refractivity contribution in [3.05, 3.63) is 22.6 Å². The Morgan fingerprint density at radius 1 is 1.50 bits per heavy atom. The summed E-state index contributed by atoms with van der Waals surface area (Å²) in [5.74, 6) is 0. The minimum Gasteiger partial charge on any atom is -0.414 e. The molecular weight excluding hydrogens is 246 g/mol. The Hall–Kier alpha value is -0.813. The second-order valence-corrected chi connectivity index (χ2v) is 10.9. The van der Waals surface area contributed by atoms with Crippen LogP contribution in [0.3, 0.4) is 0 Å². The van der Waals surface area contributed by atoms with Crippen LogP contribution in [0.5, 0.6) is 0 Å². The third kappa shape index (κ3) is 3.85. The molecule has 0 radical (unpaired) electrons. The van der Waals surface area contributed by atoms with Gasteiger partial charge in [-0.2, -0.15) is 0 Å². The van der Waals surface area contributed by atoms with E-state index in [9.17, 15) is 0 Å². The first-order valence-electron chi connectivity index (χ1n) is 6.24. The number of azide groups is 1. The van der Waals surface area contributed by atoms with E-state index < -0.39 is 8.32 Å². The molecule has 102 valence electrons. The van der Waals surface area contributed by atoms with Crippen molar-refractivity contribution in [3.8, 4) is 0 Å². The van der Waals surface area contributed by atoms with Crippen molar-refractivity contribution in [2.24, 2.45) is 5.11 Å². The lowest BCUT2D eigenvalue weighted by Gasteiger charge is -2.38. The molecule has 0 unspecified atom stereocenters. The van der Waals surface area contributed by atoms with Crippen molar-refractivity contribution < 1.29 is 9.16 Å². The highest BCUT2D eigenvalue weighted by Gasteiger charge is 2.38. The van der Waals surface area contributed by atoms with Crippen molar-refractivity contribution in [2.75, 3.05) is 13.2 Å². The fourth-order valence-electron chi connectivity index (χ4n) is 1.42. The monoisotopic (exact) mass is 269 g/mol. The number of hydrogen-bond acceptors (Lipinski definition) is 3. The van der Waals surface area contributed by atoms with Crippen molar-refractivity contribution in [1.82, 2.24) is 0 Å².